The van der Waals surface area contributed by atoms with E-state index in [1.54, 1.807) is 6.07 Å². The minimum atomic E-state index is -0.559. The molecule has 0 aromatic heterocycles. The van der Waals surface area contributed by atoms with Crippen molar-refractivity contribution in [3.63, 3.8) is 0 Å². The first kappa shape index (κ1) is 17.8. The van der Waals surface area contributed by atoms with E-state index in [0.717, 1.165) is 11.1 Å². The van der Waals surface area contributed by atoms with E-state index in [1.165, 1.54) is 19.2 Å². The molecule has 6 heteroatoms. The lowest BCUT2D eigenvalue weighted by molar-refractivity contribution is -0.118. The van der Waals surface area contributed by atoms with Crippen LogP contribution in [0, 0.1) is 13.8 Å². The summed E-state index contributed by atoms with van der Waals surface area (Å²) in [6, 6.07) is 10.2. The van der Waals surface area contributed by atoms with Crippen LogP contribution < -0.4 is 10.1 Å². The first-order valence-corrected chi connectivity index (χ1v) is 7.66. The molecule has 2 aromatic rings. The van der Waals surface area contributed by atoms with Gasteiger partial charge in [0.1, 0.15) is 11.3 Å². The summed E-state index contributed by atoms with van der Waals surface area (Å²) in [5.41, 5.74) is 3.00. The predicted molar refractivity (Wildman–Crippen MR) is 92.8 cm³/mol. The third-order valence-electron chi connectivity index (χ3n) is 3.36. The van der Waals surface area contributed by atoms with Crippen LogP contribution in [0.5, 0.6) is 5.75 Å². The number of nitrogens with one attached hydrogen (secondary N) is 1. The molecule has 0 aliphatic rings. The van der Waals surface area contributed by atoms with Gasteiger partial charge in [-0.2, -0.15) is 0 Å². The number of esters is 1. The van der Waals surface area contributed by atoms with Crippen LogP contribution >= 0.6 is 11.6 Å². The molecule has 0 bridgehead atoms. The monoisotopic (exact) mass is 347 g/mol. The van der Waals surface area contributed by atoms with Gasteiger partial charge in [-0.15, -0.1) is 0 Å². The highest BCUT2D eigenvalue weighted by molar-refractivity contribution is 6.30. The fourth-order valence-corrected chi connectivity index (χ4v) is 2.34. The molecule has 0 spiro atoms. The van der Waals surface area contributed by atoms with Crippen molar-refractivity contribution >= 4 is 29.2 Å². The zero-order chi connectivity index (χ0) is 17.7. The predicted octanol–water partition coefficient (Wildman–Crippen LogP) is 3.76. The van der Waals surface area contributed by atoms with Crippen molar-refractivity contribution in [3.8, 4) is 5.75 Å². The number of ether oxygens (including phenoxy) is 2. The van der Waals surface area contributed by atoms with Gasteiger partial charge in [0.25, 0.3) is 5.91 Å². The Morgan fingerprint density at radius 1 is 1.12 bits per heavy atom. The Morgan fingerprint density at radius 3 is 2.54 bits per heavy atom. The van der Waals surface area contributed by atoms with Gasteiger partial charge in [0, 0.05) is 10.7 Å². The van der Waals surface area contributed by atoms with E-state index >= 15 is 0 Å². The van der Waals surface area contributed by atoms with Crippen LogP contribution in [0.1, 0.15) is 21.5 Å². The van der Waals surface area contributed by atoms with Gasteiger partial charge in [0.2, 0.25) is 0 Å². The molecule has 1 amide bonds. The lowest BCUT2D eigenvalue weighted by atomic mass is 10.1. The van der Waals surface area contributed by atoms with Crippen molar-refractivity contribution in [1.82, 2.24) is 0 Å². The third-order valence-corrected chi connectivity index (χ3v) is 3.60. The van der Waals surface area contributed by atoms with Crippen molar-refractivity contribution in [1.29, 1.82) is 0 Å². The zero-order valence-electron chi connectivity index (χ0n) is 13.7. The van der Waals surface area contributed by atoms with E-state index in [1.807, 2.05) is 32.0 Å². The highest BCUT2D eigenvalue weighted by Gasteiger charge is 2.15. The number of anilines is 1. The Bertz CT molecular complexity index is 774. The Labute approximate surface area is 145 Å². The summed E-state index contributed by atoms with van der Waals surface area (Å²) in [4.78, 5) is 23.8. The van der Waals surface area contributed by atoms with Crippen molar-refractivity contribution in [2.45, 2.75) is 13.8 Å². The van der Waals surface area contributed by atoms with Gasteiger partial charge in [-0.3, -0.25) is 4.79 Å². The second kappa shape index (κ2) is 7.84. The lowest BCUT2D eigenvalue weighted by Gasteiger charge is -2.12. The molecule has 0 unspecified atom stereocenters. The van der Waals surface area contributed by atoms with Gasteiger partial charge < -0.3 is 14.8 Å². The van der Waals surface area contributed by atoms with E-state index in [9.17, 15) is 9.59 Å². The fourth-order valence-electron chi connectivity index (χ4n) is 2.18. The number of methoxy groups -OCH3 is 1. The minimum Gasteiger partial charge on any atom is -0.483 e. The molecule has 2 aromatic carbocycles. The molecule has 0 radical (unpaired) electrons. The SMILES string of the molecule is COC(=O)c1ccc(Cl)cc1OCC(=O)Nc1ccc(C)cc1C. The molecule has 0 aliphatic carbocycles. The van der Waals surface area contributed by atoms with Gasteiger partial charge >= 0.3 is 5.97 Å². The normalized spacial score (nSPS) is 10.2. The van der Waals surface area contributed by atoms with Gasteiger partial charge in [-0.25, -0.2) is 4.79 Å². The van der Waals surface area contributed by atoms with E-state index in [-0.39, 0.29) is 23.8 Å². The van der Waals surface area contributed by atoms with E-state index in [0.29, 0.717) is 10.7 Å². The molecule has 5 nitrogen and oxygen atoms in total. The maximum absolute atomic E-state index is 12.1. The number of rotatable bonds is 5. The maximum Gasteiger partial charge on any atom is 0.341 e. The number of aryl methyl sites for hydroxylation is 2. The second-order valence-corrected chi connectivity index (χ2v) is 5.72. The van der Waals surface area contributed by atoms with E-state index in [4.69, 9.17) is 16.3 Å². The quantitative estimate of drug-likeness (QED) is 0.836. The van der Waals surface area contributed by atoms with Crippen LogP contribution in [0.3, 0.4) is 0 Å². The van der Waals surface area contributed by atoms with Gasteiger partial charge in [0.15, 0.2) is 6.61 Å². The molecule has 0 atom stereocenters. The molecule has 2 rings (SSSR count). The number of carbonyl (C=O) groups is 2. The van der Waals surface area contributed by atoms with Crippen LogP contribution in [0.4, 0.5) is 5.69 Å². The maximum atomic E-state index is 12.1. The minimum absolute atomic E-state index is 0.199. The lowest BCUT2D eigenvalue weighted by Crippen LogP contribution is -2.21. The van der Waals surface area contributed by atoms with E-state index in [2.05, 4.69) is 10.1 Å². The van der Waals surface area contributed by atoms with Crippen LogP contribution in [-0.4, -0.2) is 25.6 Å². The summed E-state index contributed by atoms with van der Waals surface area (Å²) >= 11 is 5.91. The number of carbonyl (C=O) groups excluding carboxylic acids is 2. The molecule has 0 heterocycles. The summed E-state index contributed by atoms with van der Waals surface area (Å²) < 4.78 is 10.1. The Morgan fingerprint density at radius 2 is 1.88 bits per heavy atom. The topological polar surface area (TPSA) is 64.6 Å². The molecule has 0 saturated heterocycles. The highest BCUT2D eigenvalue weighted by atomic mass is 35.5. The molecular formula is C18H18ClNO4. The van der Waals surface area contributed by atoms with Gasteiger partial charge in [-0.05, 0) is 43.7 Å². The Balaban J connectivity index is 2.06. The van der Waals surface area contributed by atoms with Crippen molar-refractivity contribution in [3.05, 3.63) is 58.1 Å². The Kier molecular flexibility index (Phi) is 5.82. The van der Waals surface area contributed by atoms with Crippen molar-refractivity contribution < 1.29 is 19.1 Å². The third kappa shape index (κ3) is 4.49. The highest BCUT2D eigenvalue weighted by Crippen LogP contribution is 2.24. The molecule has 0 aliphatic heterocycles. The first-order valence-electron chi connectivity index (χ1n) is 7.28. The summed E-state index contributed by atoms with van der Waals surface area (Å²) in [6.45, 7) is 3.64. The number of hydrogen-bond acceptors (Lipinski definition) is 4. The molecule has 1 N–H and O–H groups in total. The number of hydrogen-bond donors (Lipinski definition) is 1. The summed E-state index contributed by atoms with van der Waals surface area (Å²) in [5, 5.41) is 3.17. The summed E-state index contributed by atoms with van der Waals surface area (Å²) in [7, 11) is 1.27. The first-order chi connectivity index (χ1) is 11.4. The average Bonchev–Trinajstić information content (AvgIpc) is 2.55. The van der Waals surface area contributed by atoms with Crippen molar-refractivity contribution in [2.24, 2.45) is 0 Å². The molecule has 0 fully saturated rings. The summed E-state index contributed by atoms with van der Waals surface area (Å²) in [6.07, 6.45) is 0. The Hall–Kier alpha value is -2.53. The fraction of sp³-hybridized carbons (Fsp3) is 0.222. The molecule has 0 saturated carbocycles. The van der Waals surface area contributed by atoms with E-state index < -0.39 is 5.97 Å². The zero-order valence-corrected chi connectivity index (χ0v) is 14.4. The smallest absolute Gasteiger partial charge is 0.341 e. The average molecular weight is 348 g/mol. The molecular weight excluding hydrogens is 330 g/mol. The standard InChI is InChI=1S/C18H18ClNO4/c1-11-4-7-15(12(2)8-11)20-17(21)10-24-16-9-13(19)5-6-14(16)18(22)23-3/h4-9H,10H2,1-3H3,(H,20,21). The number of benzene rings is 2. The van der Waals surface area contributed by atoms with Crippen molar-refractivity contribution in [2.75, 3.05) is 19.0 Å². The van der Waals surface area contributed by atoms with Crippen LogP contribution in [0.2, 0.25) is 5.02 Å². The molecule has 126 valence electrons. The molecule has 24 heavy (non-hydrogen) atoms. The van der Waals surface area contributed by atoms with Gasteiger partial charge in [-0.1, -0.05) is 29.3 Å². The number of halogens is 1. The number of amides is 1. The van der Waals surface area contributed by atoms with Crippen LogP contribution in [0.15, 0.2) is 36.4 Å². The largest absolute Gasteiger partial charge is 0.483 e. The van der Waals surface area contributed by atoms with Gasteiger partial charge in [0.05, 0.1) is 7.11 Å². The summed E-state index contributed by atoms with van der Waals surface area (Å²) in [5.74, 6) is -0.695. The second-order valence-electron chi connectivity index (χ2n) is 5.29. The van der Waals surface area contributed by atoms with Crippen LogP contribution in [-0.2, 0) is 9.53 Å². The van der Waals surface area contributed by atoms with Crippen LogP contribution in [0.25, 0.3) is 0 Å².